The van der Waals surface area contributed by atoms with E-state index in [1.54, 1.807) is 18.2 Å². The average Bonchev–Trinajstić information content (AvgIpc) is 2.14. The molecule has 0 radical (unpaired) electrons. The van der Waals surface area contributed by atoms with E-state index in [1.165, 1.54) is 6.92 Å². The molecule has 76 valence electrons. The SMILES string of the molecule is CC(O)[P+](=O)OCc1cccc(Cl)c1. The van der Waals surface area contributed by atoms with E-state index < -0.39 is 13.9 Å². The third-order valence-corrected chi connectivity index (χ3v) is 2.78. The summed E-state index contributed by atoms with van der Waals surface area (Å²) in [5.41, 5.74) is 0.835. The van der Waals surface area contributed by atoms with Crippen LogP contribution < -0.4 is 0 Å². The van der Waals surface area contributed by atoms with Gasteiger partial charge in [-0.2, -0.15) is 0 Å². The van der Waals surface area contributed by atoms with Gasteiger partial charge in [-0.15, -0.1) is 4.52 Å². The van der Waals surface area contributed by atoms with Crippen molar-refractivity contribution in [3.63, 3.8) is 0 Å². The summed E-state index contributed by atoms with van der Waals surface area (Å²) in [5, 5.41) is 9.53. The van der Waals surface area contributed by atoms with Crippen LogP contribution in [0.25, 0.3) is 0 Å². The van der Waals surface area contributed by atoms with Gasteiger partial charge in [-0.25, -0.2) is 0 Å². The molecular weight excluding hydrogens is 223 g/mol. The van der Waals surface area contributed by atoms with Crippen molar-refractivity contribution in [3.05, 3.63) is 34.9 Å². The summed E-state index contributed by atoms with van der Waals surface area (Å²) >= 11 is 5.74. The summed E-state index contributed by atoms with van der Waals surface area (Å²) in [6.45, 7) is 1.62. The first kappa shape index (κ1) is 11.6. The number of rotatable bonds is 4. The van der Waals surface area contributed by atoms with Crippen molar-refractivity contribution >= 4 is 19.6 Å². The number of halogens is 1. The number of hydrogen-bond acceptors (Lipinski definition) is 3. The highest BCUT2D eigenvalue weighted by Gasteiger charge is 2.25. The van der Waals surface area contributed by atoms with E-state index in [0.29, 0.717) is 5.02 Å². The highest BCUT2D eigenvalue weighted by molar-refractivity contribution is 7.39. The van der Waals surface area contributed by atoms with Crippen molar-refractivity contribution in [2.75, 3.05) is 0 Å². The molecule has 0 saturated heterocycles. The zero-order valence-corrected chi connectivity index (χ0v) is 9.33. The maximum absolute atomic E-state index is 11.0. The van der Waals surface area contributed by atoms with Crippen LogP contribution in [-0.4, -0.2) is 11.0 Å². The van der Waals surface area contributed by atoms with Crippen molar-refractivity contribution < 1.29 is 14.2 Å². The molecule has 1 aromatic rings. The molecule has 3 nitrogen and oxygen atoms in total. The van der Waals surface area contributed by atoms with Crippen LogP contribution in [-0.2, 0) is 15.7 Å². The second-order valence-electron chi connectivity index (χ2n) is 2.82. The van der Waals surface area contributed by atoms with Crippen LogP contribution in [0.2, 0.25) is 5.02 Å². The van der Waals surface area contributed by atoms with E-state index in [1.807, 2.05) is 6.07 Å². The van der Waals surface area contributed by atoms with Crippen LogP contribution in [0.1, 0.15) is 12.5 Å². The van der Waals surface area contributed by atoms with Gasteiger partial charge in [-0.05, 0) is 22.3 Å². The molecule has 0 aliphatic heterocycles. The molecule has 1 rings (SSSR count). The maximum atomic E-state index is 11.0. The molecule has 1 N–H and O–H groups in total. The Morgan fingerprint density at radius 3 is 2.93 bits per heavy atom. The highest BCUT2D eigenvalue weighted by Crippen LogP contribution is 2.28. The molecule has 0 bridgehead atoms. The lowest BCUT2D eigenvalue weighted by molar-refractivity contribution is 0.228. The lowest BCUT2D eigenvalue weighted by Crippen LogP contribution is -1.95. The van der Waals surface area contributed by atoms with Crippen molar-refractivity contribution in [2.24, 2.45) is 0 Å². The first-order valence-electron chi connectivity index (χ1n) is 4.11. The minimum absolute atomic E-state index is 0.195. The van der Waals surface area contributed by atoms with Crippen LogP contribution in [0, 0.1) is 0 Å². The van der Waals surface area contributed by atoms with Crippen molar-refractivity contribution in [2.45, 2.75) is 19.4 Å². The number of aliphatic hydroxyl groups is 1. The summed E-state index contributed by atoms with van der Waals surface area (Å²) in [5.74, 6) is -0.941. The molecule has 2 unspecified atom stereocenters. The first-order chi connectivity index (χ1) is 6.59. The van der Waals surface area contributed by atoms with Gasteiger partial charge in [-0.3, -0.25) is 0 Å². The van der Waals surface area contributed by atoms with Gasteiger partial charge in [0.1, 0.15) is 6.61 Å². The Kier molecular flexibility index (Phi) is 4.49. The van der Waals surface area contributed by atoms with E-state index in [2.05, 4.69) is 0 Å². The first-order valence-corrected chi connectivity index (χ1v) is 5.74. The van der Waals surface area contributed by atoms with E-state index in [-0.39, 0.29) is 6.61 Å². The van der Waals surface area contributed by atoms with Gasteiger partial charge in [0.15, 0.2) is 0 Å². The molecule has 0 heterocycles. The maximum Gasteiger partial charge on any atom is 0.540 e. The number of benzene rings is 1. The normalized spacial score (nSPS) is 13.8. The Hall–Kier alpha value is -0.470. The predicted molar refractivity (Wildman–Crippen MR) is 55.5 cm³/mol. The fraction of sp³-hybridized carbons (Fsp3) is 0.333. The molecule has 0 aromatic heterocycles. The summed E-state index contributed by atoms with van der Waals surface area (Å²) in [6, 6.07) is 7.08. The Morgan fingerprint density at radius 2 is 2.36 bits per heavy atom. The summed E-state index contributed by atoms with van der Waals surface area (Å²) in [4.78, 5) is 0. The van der Waals surface area contributed by atoms with Gasteiger partial charge in [0.2, 0.25) is 0 Å². The van der Waals surface area contributed by atoms with Gasteiger partial charge < -0.3 is 5.11 Å². The molecule has 2 atom stereocenters. The molecule has 0 aliphatic rings. The largest absolute Gasteiger partial charge is 0.540 e. The lowest BCUT2D eigenvalue weighted by Gasteiger charge is -1.96. The molecule has 0 saturated carbocycles. The zero-order chi connectivity index (χ0) is 10.6. The van der Waals surface area contributed by atoms with Gasteiger partial charge >= 0.3 is 8.03 Å². The Labute approximate surface area is 88.5 Å². The van der Waals surface area contributed by atoms with Crippen LogP contribution in [0.5, 0.6) is 0 Å². The third-order valence-electron chi connectivity index (χ3n) is 1.55. The van der Waals surface area contributed by atoms with Crippen LogP contribution >= 0.6 is 19.6 Å². The standard InChI is InChI=1S/C9H11ClO3P/c1-7(11)14(12)13-6-8-3-2-4-9(10)5-8/h2-5,7,11H,6H2,1H3/q+1. The van der Waals surface area contributed by atoms with Crippen molar-refractivity contribution in [3.8, 4) is 0 Å². The molecule has 0 aliphatic carbocycles. The molecule has 14 heavy (non-hydrogen) atoms. The minimum atomic E-state index is -2.01. The fourth-order valence-corrected chi connectivity index (χ4v) is 1.58. The topological polar surface area (TPSA) is 46.5 Å². The van der Waals surface area contributed by atoms with E-state index >= 15 is 0 Å². The molecular formula is C9H11ClO3P+. The quantitative estimate of drug-likeness (QED) is 0.814. The number of hydrogen-bond donors (Lipinski definition) is 1. The van der Waals surface area contributed by atoms with Gasteiger partial charge in [0.05, 0.1) is 0 Å². The van der Waals surface area contributed by atoms with Crippen LogP contribution in [0.15, 0.2) is 24.3 Å². The van der Waals surface area contributed by atoms with Gasteiger partial charge in [0.25, 0.3) is 5.85 Å². The van der Waals surface area contributed by atoms with Crippen LogP contribution in [0.4, 0.5) is 0 Å². The second kappa shape index (κ2) is 5.42. The highest BCUT2D eigenvalue weighted by atomic mass is 35.5. The van der Waals surface area contributed by atoms with E-state index in [4.69, 9.17) is 21.2 Å². The second-order valence-corrected chi connectivity index (χ2v) is 4.83. The van der Waals surface area contributed by atoms with Gasteiger partial charge in [-0.1, -0.05) is 23.7 Å². The van der Waals surface area contributed by atoms with Crippen molar-refractivity contribution in [1.29, 1.82) is 0 Å². The monoisotopic (exact) mass is 233 g/mol. The van der Waals surface area contributed by atoms with E-state index in [9.17, 15) is 4.57 Å². The summed E-state index contributed by atoms with van der Waals surface area (Å²) in [6.07, 6.45) is 0. The predicted octanol–water partition coefficient (Wildman–Crippen LogP) is 2.94. The van der Waals surface area contributed by atoms with E-state index in [0.717, 1.165) is 5.56 Å². The van der Waals surface area contributed by atoms with Gasteiger partial charge in [0, 0.05) is 11.9 Å². The summed E-state index contributed by atoms with van der Waals surface area (Å²) < 4.78 is 16.0. The molecule has 0 fully saturated rings. The zero-order valence-electron chi connectivity index (χ0n) is 7.68. The fourth-order valence-electron chi connectivity index (χ4n) is 0.873. The molecule has 1 aromatic carbocycles. The van der Waals surface area contributed by atoms with Crippen molar-refractivity contribution in [1.82, 2.24) is 0 Å². The summed E-state index contributed by atoms with van der Waals surface area (Å²) in [7, 11) is -2.01. The average molecular weight is 234 g/mol. The smallest absolute Gasteiger partial charge is 0.349 e. The molecule has 0 amide bonds. The Balaban J connectivity index is 2.50. The lowest BCUT2D eigenvalue weighted by atomic mass is 10.2. The third kappa shape index (κ3) is 3.72. The Morgan fingerprint density at radius 1 is 1.64 bits per heavy atom. The molecule has 5 heteroatoms. The number of aliphatic hydroxyl groups excluding tert-OH is 1. The minimum Gasteiger partial charge on any atom is -0.349 e. The Bertz CT molecular complexity index is 328. The van der Waals surface area contributed by atoms with Crippen LogP contribution in [0.3, 0.4) is 0 Å². The molecule has 0 spiro atoms.